The topological polar surface area (TPSA) is 212 Å². The molecule has 3 aromatic rings. The molecule has 1 fully saturated rings. The molecule has 7 N–H and O–H groups in total. The molecule has 4 rings (SSSR count). The van der Waals surface area contributed by atoms with Gasteiger partial charge in [0.05, 0.1) is 34.6 Å². The van der Waals surface area contributed by atoms with E-state index in [2.05, 4.69) is 38.7 Å². The van der Waals surface area contributed by atoms with Crippen LogP contribution in [0.25, 0.3) is 11.5 Å². The zero-order valence-electron chi connectivity index (χ0n) is 22.8. The number of benzene rings is 1. The molecule has 1 aliphatic heterocycles. The highest BCUT2D eigenvalue weighted by molar-refractivity contribution is 6.42. The highest BCUT2D eigenvalue weighted by Gasteiger charge is 2.31. The van der Waals surface area contributed by atoms with Gasteiger partial charge in [0.25, 0.3) is 11.7 Å². The minimum Gasteiger partial charge on any atom is -0.496 e. The van der Waals surface area contributed by atoms with Crippen molar-refractivity contribution < 1.29 is 24.2 Å². The molecule has 218 valence electrons. The molecule has 3 heterocycles. The average molecular weight is 575 g/mol. The van der Waals surface area contributed by atoms with E-state index in [1.165, 1.54) is 35.4 Å². The third kappa shape index (κ3) is 5.56. The van der Waals surface area contributed by atoms with Crippen molar-refractivity contribution in [3.05, 3.63) is 82.8 Å². The maximum atomic E-state index is 13.5. The van der Waals surface area contributed by atoms with Crippen LogP contribution in [0.5, 0.6) is 0 Å². The normalized spacial score (nSPS) is 15.0. The van der Waals surface area contributed by atoms with Gasteiger partial charge in [0.2, 0.25) is 5.96 Å². The van der Waals surface area contributed by atoms with Crippen LogP contribution >= 0.6 is 0 Å². The number of guanidine groups is 1. The van der Waals surface area contributed by atoms with Crippen LogP contribution in [0, 0.1) is 0 Å². The number of hydrazone groups is 2. The number of amides is 1. The van der Waals surface area contributed by atoms with E-state index >= 15 is 0 Å². The zero-order valence-corrected chi connectivity index (χ0v) is 22.8. The largest absolute Gasteiger partial charge is 0.496 e. The summed E-state index contributed by atoms with van der Waals surface area (Å²) in [5.74, 6) is 3.46. The number of aromatic carboxylic acids is 1. The smallest absolute Gasteiger partial charge is 0.353 e. The summed E-state index contributed by atoms with van der Waals surface area (Å²) in [6.07, 6.45) is 2.71. The van der Waals surface area contributed by atoms with Crippen LogP contribution in [0.15, 0.2) is 65.5 Å². The van der Waals surface area contributed by atoms with Gasteiger partial charge < -0.3 is 36.2 Å². The maximum Gasteiger partial charge on any atom is 0.353 e. The fourth-order valence-electron chi connectivity index (χ4n) is 4.52. The van der Waals surface area contributed by atoms with Gasteiger partial charge in [0.1, 0.15) is 17.1 Å². The first-order valence-electron chi connectivity index (χ1n) is 12.6. The van der Waals surface area contributed by atoms with Crippen molar-refractivity contribution in [1.82, 2.24) is 25.0 Å². The number of hydrogen-bond acceptors (Lipinski definition) is 9. The Kier molecular flexibility index (Phi) is 8.70. The van der Waals surface area contributed by atoms with Gasteiger partial charge in [-0.3, -0.25) is 14.7 Å². The van der Waals surface area contributed by atoms with Gasteiger partial charge in [-0.05, 0) is 18.2 Å². The Bertz CT molecular complexity index is 1670. The Morgan fingerprint density at radius 2 is 1.83 bits per heavy atom. The molecule has 0 aliphatic carbocycles. The number of para-hydroxylation sites is 1. The summed E-state index contributed by atoms with van der Waals surface area (Å²) in [5.41, 5.74) is 6.98. The number of piperazine rings is 1. The average Bonchev–Trinajstić information content (AvgIpc) is 3.69. The number of carbonyl (C=O) groups is 3. The number of ketones is 1. The van der Waals surface area contributed by atoms with Crippen LogP contribution in [-0.2, 0) is 9.53 Å². The lowest BCUT2D eigenvalue weighted by Gasteiger charge is -2.37. The maximum absolute atomic E-state index is 13.5. The molecule has 0 atom stereocenters. The number of Topliss-reactive ketones (excluding diaryl/α,β-unsaturated/α-hetero) is 1. The molecular weight excluding hydrogens is 544 g/mol. The number of ether oxygens (including phenoxy) is 1. The van der Waals surface area contributed by atoms with E-state index in [0.29, 0.717) is 24.7 Å². The van der Waals surface area contributed by atoms with E-state index in [9.17, 15) is 19.5 Å². The predicted molar refractivity (Wildman–Crippen MR) is 155 cm³/mol. The van der Waals surface area contributed by atoms with Gasteiger partial charge >= 0.3 is 5.97 Å². The Morgan fingerprint density at radius 3 is 2.38 bits per heavy atom. The summed E-state index contributed by atoms with van der Waals surface area (Å²) >= 11 is 0. The Labute approximate surface area is 239 Å². The van der Waals surface area contributed by atoms with Crippen LogP contribution in [0.3, 0.4) is 0 Å². The van der Waals surface area contributed by atoms with E-state index in [-0.39, 0.29) is 52.1 Å². The zero-order chi connectivity index (χ0) is 30.4. The number of rotatable bonds is 8. The number of carboxylic acids is 1. The van der Waals surface area contributed by atoms with Crippen LogP contribution in [0.2, 0.25) is 0 Å². The number of nitrogens with zero attached hydrogens (tertiary/aromatic N) is 6. The van der Waals surface area contributed by atoms with Crippen LogP contribution < -0.4 is 27.2 Å². The quantitative estimate of drug-likeness (QED) is 0.0563. The first kappa shape index (κ1) is 29.1. The van der Waals surface area contributed by atoms with Gasteiger partial charge in [0.15, 0.2) is 0 Å². The summed E-state index contributed by atoms with van der Waals surface area (Å²) in [6.45, 7) is 8.41. The lowest BCUT2D eigenvalue weighted by molar-refractivity contribution is -0.127. The van der Waals surface area contributed by atoms with Crippen molar-refractivity contribution in [1.29, 1.82) is 0 Å². The molecular formula is C27H30N10O5. The number of carboxylic acid groups (broad SMARTS) is 1. The second-order valence-electron chi connectivity index (χ2n) is 8.94. The van der Waals surface area contributed by atoms with Crippen molar-refractivity contribution in [2.45, 2.75) is 0 Å². The van der Waals surface area contributed by atoms with Crippen molar-refractivity contribution in [2.24, 2.45) is 21.8 Å². The van der Waals surface area contributed by atoms with Crippen LogP contribution in [-0.4, -0.2) is 93.7 Å². The van der Waals surface area contributed by atoms with E-state index in [0.717, 1.165) is 0 Å². The molecule has 0 bridgehead atoms. The van der Waals surface area contributed by atoms with E-state index in [1.54, 1.807) is 0 Å². The number of nitrogens with one attached hydrogen (secondary N) is 2. The molecule has 1 aliphatic rings. The molecule has 15 heteroatoms. The van der Waals surface area contributed by atoms with E-state index < -0.39 is 17.7 Å². The molecule has 1 amide bonds. The number of carbonyl (C=O) groups excluding carboxylic acids is 2. The highest BCUT2D eigenvalue weighted by atomic mass is 16.5. The first-order valence-corrected chi connectivity index (χ1v) is 12.6. The lowest BCUT2D eigenvalue weighted by atomic mass is 10.1. The van der Waals surface area contributed by atoms with Crippen LogP contribution in [0.4, 0.5) is 5.69 Å². The molecule has 1 saturated heterocycles. The Hall–Kier alpha value is -5.86. The molecule has 42 heavy (non-hydrogen) atoms. The molecule has 1 aromatic carbocycles. The molecule has 0 unspecified atom stereocenters. The third-order valence-electron chi connectivity index (χ3n) is 6.62. The number of hydrogen-bond donors (Lipinski definition) is 5. The number of anilines is 1. The van der Waals surface area contributed by atoms with E-state index in [4.69, 9.17) is 16.3 Å². The fraction of sp³-hybridized carbons (Fsp3) is 0.185. The molecule has 2 aromatic heterocycles. The van der Waals surface area contributed by atoms with Crippen LogP contribution in [0.1, 0.15) is 26.5 Å². The number of nitrogens with two attached hydrogens (primary N) is 2. The molecule has 0 radical (unpaired) electrons. The second kappa shape index (κ2) is 12.5. The number of aromatic nitrogens is 3. The van der Waals surface area contributed by atoms with Crippen molar-refractivity contribution in [2.75, 3.05) is 38.3 Å². The first-order chi connectivity index (χ1) is 20.2. The van der Waals surface area contributed by atoms with Crippen molar-refractivity contribution in [3.63, 3.8) is 0 Å². The van der Waals surface area contributed by atoms with Gasteiger partial charge in [-0.1, -0.05) is 24.8 Å². The van der Waals surface area contributed by atoms with Crippen molar-refractivity contribution in [3.8, 4) is 0 Å². The van der Waals surface area contributed by atoms with Crippen molar-refractivity contribution >= 4 is 47.5 Å². The van der Waals surface area contributed by atoms with E-state index in [1.807, 2.05) is 35.2 Å². The number of aromatic amines is 2. The Morgan fingerprint density at radius 1 is 1.17 bits per heavy atom. The van der Waals surface area contributed by atoms with Gasteiger partial charge in [-0.15, -0.1) is 5.10 Å². The summed E-state index contributed by atoms with van der Waals surface area (Å²) in [4.78, 5) is 44.4. The van der Waals surface area contributed by atoms with Gasteiger partial charge in [-0.2, -0.15) is 15.2 Å². The molecule has 15 nitrogen and oxygen atoms in total. The summed E-state index contributed by atoms with van der Waals surface area (Å²) in [6, 6.07) is 10.5. The minimum atomic E-state index is -1.22. The third-order valence-corrected chi connectivity index (χ3v) is 6.62. The second-order valence-corrected chi connectivity index (χ2v) is 8.94. The summed E-state index contributed by atoms with van der Waals surface area (Å²) in [5, 5.41) is 25.3. The van der Waals surface area contributed by atoms with Gasteiger partial charge in [-0.25, -0.2) is 4.79 Å². The standard InChI is InChI=1S/C27H30N10O5/c1-4-20(42-3)21-17(15-31-23(21)22(28)18-14-19(26(40)41)34-33-18)24(38)25(39)35-10-12-36(13-11-35)27(32-29)37(30-2)16-8-6-5-7-9-16/h4-9,14-15,31H,1-2,10-13,28-29H2,3H3,(H,33,34)(H,40,41)/b21-20+,23-22+,32-27-. The highest BCUT2D eigenvalue weighted by Crippen LogP contribution is 2.17. The molecule has 0 spiro atoms. The monoisotopic (exact) mass is 574 g/mol. The summed E-state index contributed by atoms with van der Waals surface area (Å²) < 4.78 is 5.41. The minimum absolute atomic E-state index is 0.00134. The fourth-order valence-corrected chi connectivity index (χ4v) is 4.52. The number of H-pyrrole nitrogens is 2. The summed E-state index contributed by atoms with van der Waals surface area (Å²) in [7, 11) is 1.38. The lowest BCUT2D eigenvalue weighted by Crippen LogP contribution is -2.55. The molecule has 0 saturated carbocycles. The SMILES string of the molecule is C=C/C(OC)=c1/c(C(=O)C(=O)N2CCN(/C(=N/N)N(N=C)c3ccccc3)CC2)c[nH]/c1=C(/N)c1cc(C(=O)O)[nH]n1. The number of methoxy groups -OCH3 is 1. The van der Waals surface area contributed by atoms with Gasteiger partial charge in [0, 0.05) is 45.2 Å². The predicted octanol–water partition coefficient (Wildman–Crippen LogP) is -0.829. The Balaban J connectivity index is 1.60.